The number of aromatic nitrogens is 3. The Morgan fingerprint density at radius 1 is 1.29 bits per heavy atom. The molecule has 110 valence electrons. The highest BCUT2D eigenvalue weighted by atomic mass is 16.1. The number of hydrogen-bond donors (Lipinski definition) is 0. The molecule has 2 heterocycles. The van der Waals surface area contributed by atoms with E-state index in [1.165, 1.54) is 32.1 Å². The summed E-state index contributed by atoms with van der Waals surface area (Å²) in [7, 11) is 0. The third-order valence-electron chi connectivity index (χ3n) is 4.17. The van der Waals surface area contributed by atoms with Crippen molar-refractivity contribution >= 4 is 5.78 Å². The summed E-state index contributed by atoms with van der Waals surface area (Å²) in [5.41, 5.74) is 2.45. The quantitative estimate of drug-likeness (QED) is 0.807. The second-order valence-electron chi connectivity index (χ2n) is 5.86. The number of aryl methyl sites for hydroxylation is 1. The van der Waals surface area contributed by atoms with E-state index in [0.717, 1.165) is 17.0 Å². The van der Waals surface area contributed by atoms with Crippen molar-refractivity contribution in [1.82, 2.24) is 14.8 Å². The maximum atomic E-state index is 12.3. The fraction of sp³-hybridized carbons (Fsp3) is 0.471. The van der Waals surface area contributed by atoms with E-state index in [2.05, 4.69) is 14.8 Å². The molecule has 2 aromatic rings. The molecule has 0 aliphatic heterocycles. The molecule has 3 rings (SSSR count). The first kappa shape index (κ1) is 14.0. The molecule has 0 spiro atoms. The molecule has 2 aromatic heterocycles. The van der Waals surface area contributed by atoms with E-state index in [0.29, 0.717) is 12.5 Å². The first-order chi connectivity index (χ1) is 10.2. The summed E-state index contributed by atoms with van der Waals surface area (Å²) >= 11 is 0. The number of carbonyl (C=O) groups excluding carboxylic acids is 1. The average molecular weight is 283 g/mol. The Morgan fingerprint density at radius 3 is 2.86 bits per heavy atom. The molecule has 4 heteroatoms. The Labute approximate surface area is 125 Å². The van der Waals surface area contributed by atoms with Gasteiger partial charge in [-0.1, -0.05) is 19.3 Å². The molecule has 1 fully saturated rings. The van der Waals surface area contributed by atoms with Gasteiger partial charge >= 0.3 is 0 Å². The Hall–Kier alpha value is -1.97. The minimum absolute atomic E-state index is 0.106. The van der Waals surface area contributed by atoms with Gasteiger partial charge in [0.25, 0.3) is 0 Å². The molecule has 21 heavy (non-hydrogen) atoms. The highest BCUT2D eigenvalue weighted by Crippen LogP contribution is 2.27. The Balaban J connectivity index is 1.68. The normalized spacial score (nSPS) is 16.0. The molecule has 0 radical (unpaired) electrons. The van der Waals surface area contributed by atoms with Crippen LogP contribution in [0.25, 0.3) is 0 Å². The van der Waals surface area contributed by atoms with Crippen LogP contribution in [0.2, 0.25) is 0 Å². The molecule has 0 N–H and O–H groups in total. The van der Waals surface area contributed by atoms with E-state index in [1.807, 2.05) is 25.3 Å². The Bertz CT molecular complexity index is 626. The van der Waals surface area contributed by atoms with E-state index in [4.69, 9.17) is 0 Å². The molecule has 0 amide bonds. The number of rotatable bonds is 4. The summed E-state index contributed by atoms with van der Waals surface area (Å²) in [6, 6.07) is 6.10. The summed E-state index contributed by atoms with van der Waals surface area (Å²) < 4.78 is 2.06. The monoisotopic (exact) mass is 283 g/mol. The van der Waals surface area contributed by atoms with Gasteiger partial charge in [0.2, 0.25) is 0 Å². The highest BCUT2D eigenvalue weighted by Gasteiger charge is 2.17. The third-order valence-corrected chi connectivity index (χ3v) is 4.17. The number of nitrogens with zero attached hydrogens (tertiary/aromatic N) is 3. The standard InChI is InChI=1S/C17H21N3O/c1-13-11-14(7-9-18-13)17(21)12-15-8-10-20(19-15)16-5-3-2-4-6-16/h7-11,16H,2-6,12H2,1H3. The van der Waals surface area contributed by atoms with Gasteiger partial charge in [0, 0.05) is 23.7 Å². The number of pyridine rings is 1. The lowest BCUT2D eigenvalue weighted by molar-refractivity contribution is 0.0991. The van der Waals surface area contributed by atoms with Crippen molar-refractivity contribution in [2.75, 3.05) is 0 Å². The zero-order chi connectivity index (χ0) is 14.7. The molecule has 0 saturated heterocycles. The largest absolute Gasteiger partial charge is 0.294 e. The van der Waals surface area contributed by atoms with Gasteiger partial charge in [-0.05, 0) is 38.0 Å². The number of carbonyl (C=O) groups is 1. The van der Waals surface area contributed by atoms with Crippen LogP contribution in [0.4, 0.5) is 0 Å². The first-order valence-corrected chi connectivity index (χ1v) is 7.72. The topological polar surface area (TPSA) is 47.8 Å². The fourth-order valence-corrected chi connectivity index (χ4v) is 3.01. The summed E-state index contributed by atoms with van der Waals surface area (Å²) in [5, 5.41) is 4.60. The number of hydrogen-bond acceptors (Lipinski definition) is 3. The minimum atomic E-state index is 0.106. The minimum Gasteiger partial charge on any atom is -0.294 e. The molecule has 4 nitrogen and oxygen atoms in total. The van der Waals surface area contributed by atoms with Gasteiger partial charge in [0.1, 0.15) is 0 Å². The van der Waals surface area contributed by atoms with Gasteiger partial charge in [-0.2, -0.15) is 5.10 Å². The van der Waals surface area contributed by atoms with Crippen LogP contribution in [-0.2, 0) is 6.42 Å². The smallest absolute Gasteiger partial charge is 0.169 e. The van der Waals surface area contributed by atoms with Crippen LogP contribution in [0.15, 0.2) is 30.6 Å². The lowest BCUT2D eigenvalue weighted by Crippen LogP contribution is -2.14. The Kier molecular flexibility index (Phi) is 4.13. The van der Waals surface area contributed by atoms with Crippen LogP contribution in [-0.4, -0.2) is 20.5 Å². The number of ketones is 1. The van der Waals surface area contributed by atoms with E-state index < -0.39 is 0 Å². The van der Waals surface area contributed by atoms with Crippen molar-refractivity contribution in [3.05, 3.63) is 47.5 Å². The van der Waals surface area contributed by atoms with Crippen LogP contribution in [0.3, 0.4) is 0 Å². The van der Waals surface area contributed by atoms with Crippen molar-refractivity contribution < 1.29 is 4.79 Å². The predicted octanol–water partition coefficient (Wildman–Crippen LogP) is 3.52. The molecule has 1 aliphatic rings. The summed E-state index contributed by atoms with van der Waals surface area (Å²) in [6.07, 6.45) is 10.4. The van der Waals surface area contributed by atoms with Crippen LogP contribution in [0.5, 0.6) is 0 Å². The Morgan fingerprint density at radius 2 is 2.10 bits per heavy atom. The van der Waals surface area contributed by atoms with Gasteiger partial charge in [0.15, 0.2) is 5.78 Å². The molecule has 0 atom stereocenters. The van der Waals surface area contributed by atoms with Crippen LogP contribution in [0.1, 0.15) is 59.9 Å². The van der Waals surface area contributed by atoms with Crippen molar-refractivity contribution in [2.24, 2.45) is 0 Å². The van der Waals surface area contributed by atoms with Gasteiger partial charge in [-0.3, -0.25) is 14.5 Å². The van der Waals surface area contributed by atoms with Gasteiger partial charge in [0.05, 0.1) is 18.2 Å². The van der Waals surface area contributed by atoms with Crippen molar-refractivity contribution in [3.63, 3.8) is 0 Å². The molecule has 1 aliphatic carbocycles. The number of Topliss-reactive ketones (excluding diaryl/α,β-unsaturated/α-hetero) is 1. The second-order valence-corrected chi connectivity index (χ2v) is 5.86. The van der Waals surface area contributed by atoms with Gasteiger partial charge < -0.3 is 0 Å². The van der Waals surface area contributed by atoms with Gasteiger partial charge in [-0.25, -0.2) is 0 Å². The molecule has 0 bridgehead atoms. The molecule has 1 saturated carbocycles. The predicted molar refractivity (Wildman–Crippen MR) is 81.4 cm³/mol. The maximum absolute atomic E-state index is 12.3. The summed E-state index contributed by atoms with van der Waals surface area (Å²) in [4.78, 5) is 16.4. The lowest BCUT2D eigenvalue weighted by Gasteiger charge is -2.21. The van der Waals surface area contributed by atoms with Crippen LogP contribution >= 0.6 is 0 Å². The first-order valence-electron chi connectivity index (χ1n) is 7.72. The fourth-order valence-electron chi connectivity index (χ4n) is 3.01. The van der Waals surface area contributed by atoms with E-state index in [-0.39, 0.29) is 5.78 Å². The summed E-state index contributed by atoms with van der Waals surface area (Å²) in [6.45, 7) is 1.90. The SMILES string of the molecule is Cc1cc(C(=O)Cc2ccn(C3CCCCC3)n2)ccn1. The zero-order valence-electron chi connectivity index (χ0n) is 12.5. The maximum Gasteiger partial charge on any atom is 0.169 e. The van der Waals surface area contributed by atoms with Crippen molar-refractivity contribution in [2.45, 2.75) is 51.5 Å². The summed E-state index contributed by atoms with van der Waals surface area (Å²) in [5.74, 6) is 0.106. The third kappa shape index (κ3) is 3.38. The molecule has 0 aromatic carbocycles. The molecule has 0 unspecified atom stereocenters. The lowest BCUT2D eigenvalue weighted by atomic mass is 9.96. The zero-order valence-corrected chi connectivity index (χ0v) is 12.5. The van der Waals surface area contributed by atoms with Gasteiger partial charge in [-0.15, -0.1) is 0 Å². The van der Waals surface area contributed by atoms with E-state index in [9.17, 15) is 4.79 Å². The van der Waals surface area contributed by atoms with Crippen molar-refractivity contribution in [3.8, 4) is 0 Å². The van der Waals surface area contributed by atoms with Crippen LogP contribution < -0.4 is 0 Å². The second kappa shape index (κ2) is 6.20. The molecular weight excluding hydrogens is 262 g/mol. The van der Waals surface area contributed by atoms with Crippen LogP contribution in [0, 0.1) is 6.92 Å². The molecular formula is C17H21N3O. The average Bonchev–Trinajstić information content (AvgIpc) is 2.97. The van der Waals surface area contributed by atoms with E-state index >= 15 is 0 Å². The van der Waals surface area contributed by atoms with Crippen molar-refractivity contribution in [1.29, 1.82) is 0 Å². The van der Waals surface area contributed by atoms with E-state index in [1.54, 1.807) is 12.3 Å². The highest BCUT2D eigenvalue weighted by molar-refractivity contribution is 5.97.